The molecular weight excluding hydrogens is 228 g/mol. The summed E-state index contributed by atoms with van der Waals surface area (Å²) in [5.74, 6) is -0.0781. The number of aromatic nitrogens is 1. The van der Waals surface area contributed by atoms with E-state index in [4.69, 9.17) is 11.6 Å². The van der Waals surface area contributed by atoms with Crippen molar-refractivity contribution in [3.8, 4) is 0 Å². The van der Waals surface area contributed by atoms with Crippen molar-refractivity contribution in [2.45, 2.75) is 25.3 Å². The van der Waals surface area contributed by atoms with Gasteiger partial charge in [0.2, 0.25) is 0 Å². The summed E-state index contributed by atoms with van der Waals surface area (Å²) in [4.78, 5) is 16.7. The van der Waals surface area contributed by atoms with Gasteiger partial charge >= 0.3 is 0 Å². The lowest BCUT2D eigenvalue weighted by atomic mass is 10.0. The second kappa shape index (κ2) is 4.89. The van der Waals surface area contributed by atoms with Gasteiger partial charge < -0.3 is 15.0 Å². The van der Waals surface area contributed by atoms with Crippen LogP contribution in [0.2, 0.25) is 5.02 Å². The number of nitrogens with zero attached hydrogens (tertiary/aromatic N) is 1. The molecule has 0 spiro atoms. The third kappa shape index (κ3) is 2.23. The Labute approximate surface area is 99.2 Å². The van der Waals surface area contributed by atoms with Crippen LogP contribution in [0.4, 0.5) is 0 Å². The highest BCUT2D eigenvalue weighted by Gasteiger charge is 2.27. The molecule has 16 heavy (non-hydrogen) atoms. The van der Waals surface area contributed by atoms with E-state index >= 15 is 0 Å². The molecule has 5 heteroatoms. The molecule has 1 amide bonds. The van der Waals surface area contributed by atoms with Crippen LogP contribution in [0.3, 0.4) is 0 Å². The van der Waals surface area contributed by atoms with Crippen LogP contribution < -0.4 is 0 Å². The standard InChI is InChI=1S/C11H15ClN2O2/c12-8-5-10(13-6-8)11(16)14-4-2-1-3-9(14)7-15/h5-6,9,13,15H,1-4,7H2. The number of aromatic amines is 1. The Bertz CT molecular complexity index is 378. The van der Waals surface area contributed by atoms with E-state index in [1.807, 2.05) is 0 Å². The maximum atomic E-state index is 12.1. The minimum Gasteiger partial charge on any atom is -0.394 e. The zero-order chi connectivity index (χ0) is 11.5. The number of carbonyl (C=O) groups is 1. The molecule has 2 heterocycles. The van der Waals surface area contributed by atoms with Gasteiger partial charge in [0.25, 0.3) is 5.91 Å². The Hall–Kier alpha value is -1.00. The van der Waals surface area contributed by atoms with Crippen LogP contribution in [0.1, 0.15) is 29.8 Å². The molecule has 1 aliphatic heterocycles. The lowest BCUT2D eigenvalue weighted by molar-refractivity contribution is 0.0498. The Balaban J connectivity index is 2.13. The predicted molar refractivity (Wildman–Crippen MR) is 61.6 cm³/mol. The number of aliphatic hydroxyl groups is 1. The molecule has 1 saturated heterocycles. The Morgan fingerprint density at radius 2 is 2.44 bits per heavy atom. The van der Waals surface area contributed by atoms with Crippen LogP contribution in [0.5, 0.6) is 0 Å². The summed E-state index contributed by atoms with van der Waals surface area (Å²) in [6.45, 7) is 0.737. The van der Waals surface area contributed by atoms with Crippen molar-refractivity contribution in [2.75, 3.05) is 13.2 Å². The van der Waals surface area contributed by atoms with E-state index in [2.05, 4.69) is 4.98 Å². The van der Waals surface area contributed by atoms with E-state index in [-0.39, 0.29) is 18.6 Å². The summed E-state index contributed by atoms with van der Waals surface area (Å²) >= 11 is 5.76. The lowest BCUT2D eigenvalue weighted by Gasteiger charge is -2.34. The van der Waals surface area contributed by atoms with Gasteiger partial charge in [0.15, 0.2) is 0 Å². The molecule has 0 aliphatic carbocycles. The summed E-state index contributed by atoms with van der Waals surface area (Å²) in [5.41, 5.74) is 0.491. The number of hydrogen-bond acceptors (Lipinski definition) is 2. The molecular formula is C11H15ClN2O2. The molecule has 2 rings (SSSR count). The van der Waals surface area contributed by atoms with E-state index in [9.17, 15) is 9.90 Å². The van der Waals surface area contributed by atoms with Crippen LogP contribution in [-0.2, 0) is 0 Å². The van der Waals surface area contributed by atoms with Gasteiger partial charge in [-0.15, -0.1) is 0 Å². The van der Waals surface area contributed by atoms with E-state index in [0.717, 1.165) is 19.3 Å². The second-order valence-electron chi connectivity index (χ2n) is 4.06. The highest BCUT2D eigenvalue weighted by molar-refractivity contribution is 6.30. The Kier molecular flexibility index (Phi) is 3.51. The quantitative estimate of drug-likeness (QED) is 0.829. The van der Waals surface area contributed by atoms with Crippen LogP contribution >= 0.6 is 11.6 Å². The maximum Gasteiger partial charge on any atom is 0.270 e. The van der Waals surface area contributed by atoms with Crippen LogP contribution in [0.25, 0.3) is 0 Å². The van der Waals surface area contributed by atoms with Gasteiger partial charge in [0.1, 0.15) is 5.69 Å². The zero-order valence-corrected chi connectivity index (χ0v) is 9.70. The van der Waals surface area contributed by atoms with Crippen molar-refractivity contribution in [1.29, 1.82) is 0 Å². The fourth-order valence-corrected chi connectivity index (χ4v) is 2.27. The smallest absolute Gasteiger partial charge is 0.270 e. The topological polar surface area (TPSA) is 56.3 Å². The summed E-state index contributed by atoms with van der Waals surface area (Å²) < 4.78 is 0. The SMILES string of the molecule is O=C(c1cc(Cl)c[nH]1)N1CCCCC1CO. The van der Waals surface area contributed by atoms with Crippen molar-refractivity contribution in [1.82, 2.24) is 9.88 Å². The average molecular weight is 243 g/mol. The number of carbonyl (C=O) groups excluding carboxylic acids is 1. The normalized spacial score (nSPS) is 21.1. The first-order chi connectivity index (χ1) is 7.72. The molecule has 0 aromatic carbocycles. The average Bonchev–Trinajstić information content (AvgIpc) is 2.75. The minimum atomic E-state index is -0.0781. The molecule has 1 aromatic rings. The van der Waals surface area contributed by atoms with Gasteiger partial charge in [-0.1, -0.05) is 11.6 Å². The number of likely N-dealkylation sites (tertiary alicyclic amines) is 1. The zero-order valence-electron chi connectivity index (χ0n) is 8.95. The molecule has 1 atom stereocenters. The van der Waals surface area contributed by atoms with Gasteiger partial charge in [-0.25, -0.2) is 0 Å². The summed E-state index contributed by atoms with van der Waals surface area (Å²) in [6, 6.07) is 1.57. The summed E-state index contributed by atoms with van der Waals surface area (Å²) in [7, 11) is 0. The fraction of sp³-hybridized carbons (Fsp3) is 0.545. The van der Waals surface area contributed by atoms with Crippen molar-refractivity contribution >= 4 is 17.5 Å². The number of halogens is 1. The first-order valence-corrected chi connectivity index (χ1v) is 5.86. The molecule has 1 unspecified atom stereocenters. The van der Waals surface area contributed by atoms with E-state index in [1.54, 1.807) is 17.2 Å². The van der Waals surface area contributed by atoms with Gasteiger partial charge in [-0.3, -0.25) is 4.79 Å². The minimum absolute atomic E-state index is 0.0280. The number of nitrogens with one attached hydrogen (secondary N) is 1. The van der Waals surface area contributed by atoms with Crippen molar-refractivity contribution < 1.29 is 9.90 Å². The largest absolute Gasteiger partial charge is 0.394 e. The van der Waals surface area contributed by atoms with Crippen LogP contribution in [0, 0.1) is 0 Å². The van der Waals surface area contributed by atoms with E-state index in [0.29, 0.717) is 17.3 Å². The van der Waals surface area contributed by atoms with E-state index in [1.165, 1.54) is 0 Å². The van der Waals surface area contributed by atoms with Crippen molar-refractivity contribution in [3.63, 3.8) is 0 Å². The molecule has 1 aliphatic rings. The van der Waals surface area contributed by atoms with Crippen LogP contribution in [-0.4, -0.2) is 40.1 Å². The number of hydrogen-bond donors (Lipinski definition) is 2. The third-order valence-electron chi connectivity index (χ3n) is 2.98. The molecule has 1 aromatic heterocycles. The second-order valence-corrected chi connectivity index (χ2v) is 4.50. The molecule has 1 fully saturated rings. The van der Waals surface area contributed by atoms with Gasteiger partial charge in [-0.05, 0) is 25.3 Å². The number of amides is 1. The number of rotatable bonds is 2. The van der Waals surface area contributed by atoms with Gasteiger partial charge in [0, 0.05) is 12.7 Å². The number of piperidine rings is 1. The highest BCUT2D eigenvalue weighted by Crippen LogP contribution is 2.20. The molecule has 0 radical (unpaired) electrons. The Morgan fingerprint density at radius 3 is 3.06 bits per heavy atom. The lowest BCUT2D eigenvalue weighted by Crippen LogP contribution is -2.45. The molecule has 2 N–H and O–H groups in total. The monoisotopic (exact) mass is 242 g/mol. The first kappa shape index (κ1) is 11.5. The Morgan fingerprint density at radius 1 is 1.62 bits per heavy atom. The molecule has 88 valence electrons. The van der Waals surface area contributed by atoms with Crippen molar-refractivity contribution in [3.05, 3.63) is 23.0 Å². The fourth-order valence-electron chi connectivity index (χ4n) is 2.10. The van der Waals surface area contributed by atoms with Gasteiger partial charge in [-0.2, -0.15) is 0 Å². The summed E-state index contributed by atoms with van der Waals surface area (Å²) in [6.07, 6.45) is 4.53. The first-order valence-electron chi connectivity index (χ1n) is 5.48. The maximum absolute atomic E-state index is 12.1. The van der Waals surface area contributed by atoms with E-state index < -0.39 is 0 Å². The van der Waals surface area contributed by atoms with Crippen molar-refractivity contribution in [2.24, 2.45) is 0 Å². The third-order valence-corrected chi connectivity index (χ3v) is 3.20. The predicted octanol–water partition coefficient (Wildman–Crippen LogP) is 1.66. The summed E-state index contributed by atoms with van der Waals surface area (Å²) in [5, 5.41) is 9.76. The number of H-pyrrole nitrogens is 1. The van der Waals surface area contributed by atoms with Gasteiger partial charge in [0.05, 0.1) is 17.7 Å². The highest BCUT2D eigenvalue weighted by atomic mass is 35.5. The molecule has 0 bridgehead atoms. The molecule has 0 saturated carbocycles. The van der Waals surface area contributed by atoms with Crippen LogP contribution in [0.15, 0.2) is 12.3 Å². The number of aliphatic hydroxyl groups excluding tert-OH is 1. The molecule has 4 nitrogen and oxygen atoms in total.